The van der Waals surface area contributed by atoms with E-state index in [1.54, 1.807) is 17.9 Å². The largest absolute Gasteiger partial charge is 0.494 e. The quantitative estimate of drug-likeness (QED) is 0.841. The maximum absolute atomic E-state index is 14.3. The van der Waals surface area contributed by atoms with Gasteiger partial charge >= 0.3 is 5.97 Å². The standard InChI is InChI=1S/C19H24FNO4/c1-11-13(9-18(22)23)14-8-17(25-2)15(20)10-16(14)21(11)19(24)12-6-4-3-5-7-12/h8,12,16H,3-7,9-10H2,1-2H3,(H,22,23). The molecule has 0 bridgehead atoms. The molecule has 0 aromatic rings. The van der Waals surface area contributed by atoms with Crippen molar-refractivity contribution >= 4 is 11.9 Å². The van der Waals surface area contributed by atoms with E-state index in [1.165, 1.54) is 7.11 Å². The van der Waals surface area contributed by atoms with Crippen molar-refractivity contribution in [2.24, 2.45) is 5.92 Å². The molecule has 3 rings (SSSR count). The van der Waals surface area contributed by atoms with Crippen molar-refractivity contribution < 1.29 is 23.8 Å². The third-order valence-electron chi connectivity index (χ3n) is 5.48. The van der Waals surface area contributed by atoms with Crippen molar-refractivity contribution in [3.63, 3.8) is 0 Å². The maximum atomic E-state index is 14.3. The summed E-state index contributed by atoms with van der Waals surface area (Å²) < 4.78 is 19.4. The van der Waals surface area contributed by atoms with Gasteiger partial charge in [0.25, 0.3) is 0 Å². The summed E-state index contributed by atoms with van der Waals surface area (Å²) in [6.45, 7) is 1.77. The fourth-order valence-electron chi connectivity index (χ4n) is 4.22. The smallest absolute Gasteiger partial charge is 0.307 e. The molecule has 5 nitrogen and oxygen atoms in total. The number of carbonyl (C=O) groups excluding carboxylic acids is 1. The molecule has 25 heavy (non-hydrogen) atoms. The van der Waals surface area contributed by atoms with E-state index in [9.17, 15) is 19.1 Å². The summed E-state index contributed by atoms with van der Waals surface area (Å²) in [5, 5.41) is 9.25. The molecular formula is C19H24FNO4. The molecule has 1 N–H and O–H groups in total. The predicted molar refractivity (Wildman–Crippen MR) is 90.0 cm³/mol. The van der Waals surface area contributed by atoms with E-state index in [4.69, 9.17) is 4.74 Å². The summed E-state index contributed by atoms with van der Waals surface area (Å²) in [5.41, 5.74) is 1.94. The Kier molecular flexibility index (Phi) is 4.97. The molecule has 0 spiro atoms. The molecule has 0 aromatic heterocycles. The average Bonchev–Trinajstić information content (AvgIpc) is 2.85. The lowest BCUT2D eigenvalue weighted by atomic mass is 9.87. The first kappa shape index (κ1) is 17.7. The van der Waals surface area contributed by atoms with Crippen LogP contribution in [0.4, 0.5) is 4.39 Å². The van der Waals surface area contributed by atoms with E-state index < -0.39 is 17.8 Å². The Morgan fingerprint density at radius 1 is 1.32 bits per heavy atom. The molecule has 2 aliphatic carbocycles. The second-order valence-electron chi connectivity index (χ2n) is 6.97. The number of rotatable bonds is 4. The molecule has 3 aliphatic rings. The van der Waals surface area contributed by atoms with E-state index >= 15 is 0 Å². The molecule has 1 saturated carbocycles. The number of carboxylic acid groups (broad SMARTS) is 1. The van der Waals surface area contributed by atoms with Crippen molar-refractivity contribution in [1.82, 2.24) is 4.90 Å². The van der Waals surface area contributed by atoms with Crippen LogP contribution < -0.4 is 0 Å². The van der Waals surface area contributed by atoms with Gasteiger partial charge in [0.05, 0.1) is 19.6 Å². The average molecular weight is 349 g/mol. The van der Waals surface area contributed by atoms with Crippen LogP contribution in [0, 0.1) is 5.92 Å². The van der Waals surface area contributed by atoms with Crippen molar-refractivity contribution in [3.8, 4) is 0 Å². The lowest BCUT2D eigenvalue weighted by Gasteiger charge is -2.33. The number of amides is 1. The molecule has 1 heterocycles. The normalized spacial score (nSPS) is 24.4. The lowest BCUT2D eigenvalue weighted by Crippen LogP contribution is -2.41. The Bertz CT molecular complexity index is 686. The summed E-state index contributed by atoms with van der Waals surface area (Å²) in [4.78, 5) is 26.0. The second-order valence-corrected chi connectivity index (χ2v) is 6.97. The maximum Gasteiger partial charge on any atom is 0.307 e. The third-order valence-corrected chi connectivity index (χ3v) is 5.48. The van der Waals surface area contributed by atoms with Crippen LogP contribution in [0.25, 0.3) is 0 Å². The minimum atomic E-state index is -0.963. The van der Waals surface area contributed by atoms with Gasteiger partial charge in [0, 0.05) is 18.0 Å². The van der Waals surface area contributed by atoms with Crippen LogP contribution in [0.3, 0.4) is 0 Å². The predicted octanol–water partition coefficient (Wildman–Crippen LogP) is 3.68. The van der Waals surface area contributed by atoms with Gasteiger partial charge in [0.2, 0.25) is 5.91 Å². The third kappa shape index (κ3) is 3.22. The van der Waals surface area contributed by atoms with Gasteiger partial charge in [-0.05, 0) is 37.0 Å². The first-order valence-corrected chi connectivity index (χ1v) is 8.83. The summed E-state index contributed by atoms with van der Waals surface area (Å²) in [7, 11) is 1.39. The van der Waals surface area contributed by atoms with Crippen molar-refractivity contribution in [2.45, 2.75) is 57.9 Å². The van der Waals surface area contributed by atoms with Gasteiger partial charge in [-0.1, -0.05) is 19.3 Å². The molecule has 1 amide bonds. The van der Waals surface area contributed by atoms with Crippen LogP contribution in [0.5, 0.6) is 0 Å². The van der Waals surface area contributed by atoms with E-state index in [1.807, 2.05) is 0 Å². The molecule has 1 unspecified atom stereocenters. The fourth-order valence-corrected chi connectivity index (χ4v) is 4.22. The molecule has 6 heteroatoms. The number of hydrogen-bond acceptors (Lipinski definition) is 3. The summed E-state index contributed by atoms with van der Waals surface area (Å²) >= 11 is 0. The SMILES string of the molecule is COC1=C(F)CC2C(=C1)C(CC(=O)O)=C(C)N2C(=O)C1CCCCC1. The Morgan fingerprint density at radius 3 is 2.60 bits per heavy atom. The number of hydrogen-bond donors (Lipinski definition) is 1. The van der Waals surface area contributed by atoms with Gasteiger partial charge < -0.3 is 14.7 Å². The van der Waals surface area contributed by atoms with E-state index in [2.05, 4.69) is 0 Å². The highest BCUT2D eigenvalue weighted by Gasteiger charge is 2.43. The Morgan fingerprint density at radius 2 is 2.00 bits per heavy atom. The van der Waals surface area contributed by atoms with Crippen molar-refractivity contribution in [2.75, 3.05) is 7.11 Å². The van der Waals surface area contributed by atoms with E-state index in [0.29, 0.717) is 16.8 Å². The van der Waals surface area contributed by atoms with E-state index in [-0.39, 0.29) is 30.4 Å². The number of ether oxygens (including phenoxy) is 1. The van der Waals surface area contributed by atoms with Crippen molar-refractivity contribution in [1.29, 1.82) is 0 Å². The minimum Gasteiger partial charge on any atom is -0.494 e. The number of fused-ring (bicyclic) bond motifs is 1. The molecule has 1 aliphatic heterocycles. The number of allylic oxidation sites excluding steroid dienone is 2. The molecule has 0 radical (unpaired) electrons. The summed E-state index contributed by atoms with van der Waals surface area (Å²) in [6.07, 6.45) is 6.32. The number of carboxylic acids is 1. The van der Waals surface area contributed by atoms with Crippen molar-refractivity contribution in [3.05, 3.63) is 34.5 Å². The van der Waals surface area contributed by atoms with Crippen LogP contribution in [-0.4, -0.2) is 35.0 Å². The number of methoxy groups -OCH3 is 1. The van der Waals surface area contributed by atoms with Crippen LogP contribution in [0.2, 0.25) is 0 Å². The van der Waals surface area contributed by atoms with Crippen LogP contribution >= 0.6 is 0 Å². The Balaban J connectivity index is 1.97. The topological polar surface area (TPSA) is 66.8 Å². The molecule has 1 atom stereocenters. The van der Waals surface area contributed by atoms with Crippen LogP contribution in [-0.2, 0) is 14.3 Å². The van der Waals surface area contributed by atoms with Gasteiger partial charge in [0.15, 0.2) is 5.76 Å². The molecule has 136 valence electrons. The monoisotopic (exact) mass is 349 g/mol. The Labute approximate surface area is 146 Å². The zero-order valence-electron chi connectivity index (χ0n) is 14.7. The van der Waals surface area contributed by atoms with Gasteiger partial charge in [-0.15, -0.1) is 0 Å². The number of aliphatic carboxylic acids is 1. The van der Waals surface area contributed by atoms with Gasteiger partial charge in [-0.25, -0.2) is 4.39 Å². The zero-order valence-corrected chi connectivity index (χ0v) is 14.7. The molecule has 0 saturated heterocycles. The lowest BCUT2D eigenvalue weighted by molar-refractivity contribution is -0.137. The molecular weight excluding hydrogens is 325 g/mol. The second kappa shape index (κ2) is 7.02. The fraction of sp³-hybridized carbons (Fsp3) is 0.579. The molecule has 1 fully saturated rings. The number of carbonyl (C=O) groups is 2. The Hall–Kier alpha value is -2.11. The highest BCUT2D eigenvalue weighted by atomic mass is 19.1. The van der Waals surface area contributed by atoms with Crippen LogP contribution in [0.1, 0.15) is 51.9 Å². The first-order valence-electron chi connectivity index (χ1n) is 8.83. The molecule has 0 aromatic carbocycles. The van der Waals surface area contributed by atoms with Gasteiger partial charge in [0.1, 0.15) is 5.83 Å². The van der Waals surface area contributed by atoms with Crippen LogP contribution in [0.15, 0.2) is 34.5 Å². The van der Waals surface area contributed by atoms with Gasteiger partial charge in [-0.2, -0.15) is 0 Å². The zero-order chi connectivity index (χ0) is 18.1. The number of halogens is 1. The summed E-state index contributed by atoms with van der Waals surface area (Å²) in [6, 6.07) is -0.456. The number of nitrogens with zero attached hydrogens (tertiary/aromatic N) is 1. The minimum absolute atomic E-state index is 0.00200. The summed E-state index contributed by atoms with van der Waals surface area (Å²) in [5.74, 6) is -1.29. The first-order chi connectivity index (χ1) is 11.9. The van der Waals surface area contributed by atoms with E-state index in [0.717, 1.165) is 32.1 Å². The van der Waals surface area contributed by atoms with Gasteiger partial charge in [-0.3, -0.25) is 9.59 Å². The highest BCUT2D eigenvalue weighted by molar-refractivity contribution is 5.84. The highest BCUT2D eigenvalue weighted by Crippen LogP contribution is 2.44.